The maximum Gasteiger partial charge on any atom is 0.410 e. The van der Waals surface area contributed by atoms with Gasteiger partial charge in [0, 0.05) is 19.2 Å². The summed E-state index contributed by atoms with van der Waals surface area (Å²) in [5.74, 6) is 1.34. The van der Waals surface area contributed by atoms with Crippen LogP contribution in [0, 0.1) is 13.8 Å². The Morgan fingerprint density at radius 3 is 2.36 bits per heavy atom. The number of halogens is 1. The molecular formula is C21H25BrN2O4. The first kappa shape index (κ1) is 20.5. The normalized spacial score (nSPS) is 14.6. The number of para-hydroxylation sites is 1. The van der Waals surface area contributed by atoms with Crippen LogP contribution in [0.3, 0.4) is 0 Å². The van der Waals surface area contributed by atoms with Gasteiger partial charge in [0.05, 0.1) is 16.7 Å². The summed E-state index contributed by atoms with van der Waals surface area (Å²) in [5, 5.41) is 0. The van der Waals surface area contributed by atoms with Crippen molar-refractivity contribution < 1.29 is 14.3 Å². The van der Waals surface area contributed by atoms with Gasteiger partial charge in [0.25, 0.3) is 5.56 Å². The van der Waals surface area contributed by atoms with Crippen LogP contribution in [0.25, 0.3) is 0 Å². The first-order valence-corrected chi connectivity index (χ1v) is 9.98. The highest BCUT2D eigenvalue weighted by Crippen LogP contribution is 2.33. The standard InChI is InChI=1S/C21H25BrN2O4/c1-13-7-6-8-14(2)19(13)27-17-12-24(18(25)9-16(17)22)15-10-23(11-15)20(26)28-21(3,4)5/h6-9,12,15H,10-11H2,1-5H3. The number of nitrogens with zero attached hydrogens (tertiary/aromatic N) is 2. The fraction of sp³-hybridized carbons (Fsp3) is 0.429. The number of aryl methyl sites for hydroxylation is 2. The molecule has 0 spiro atoms. The molecular weight excluding hydrogens is 424 g/mol. The van der Waals surface area contributed by atoms with Crippen molar-refractivity contribution in [1.82, 2.24) is 9.47 Å². The summed E-state index contributed by atoms with van der Waals surface area (Å²) in [5.41, 5.74) is 1.35. The minimum Gasteiger partial charge on any atom is -0.454 e. The topological polar surface area (TPSA) is 60.8 Å². The molecule has 6 nitrogen and oxygen atoms in total. The molecule has 2 heterocycles. The number of amides is 1. The third-order valence-electron chi connectivity index (χ3n) is 4.52. The van der Waals surface area contributed by atoms with E-state index in [4.69, 9.17) is 9.47 Å². The molecule has 0 aliphatic carbocycles. The van der Waals surface area contributed by atoms with Crippen molar-refractivity contribution in [3.8, 4) is 11.5 Å². The van der Waals surface area contributed by atoms with E-state index in [1.165, 1.54) is 6.07 Å². The van der Waals surface area contributed by atoms with E-state index in [-0.39, 0.29) is 17.7 Å². The molecule has 0 atom stereocenters. The van der Waals surface area contributed by atoms with Gasteiger partial charge in [-0.05, 0) is 61.7 Å². The minimum atomic E-state index is -0.539. The second kappa shape index (κ2) is 7.62. The van der Waals surface area contributed by atoms with Crippen LogP contribution in [0.4, 0.5) is 4.79 Å². The van der Waals surface area contributed by atoms with Crippen molar-refractivity contribution in [2.75, 3.05) is 13.1 Å². The summed E-state index contributed by atoms with van der Waals surface area (Å²) in [6.45, 7) is 10.3. The number of benzene rings is 1. The Labute approximate surface area is 173 Å². The summed E-state index contributed by atoms with van der Waals surface area (Å²) in [6, 6.07) is 7.34. The molecule has 1 aromatic carbocycles. The van der Waals surface area contributed by atoms with E-state index >= 15 is 0 Å². The van der Waals surface area contributed by atoms with E-state index < -0.39 is 5.60 Å². The lowest BCUT2D eigenvalue weighted by atomic mass is 10.1. The van der Waals surface area contributed by atoms with Crippen LogP contribution in [-0.2, 0) is 4.74 Å². The van der Waals surface area contributed by atoms with Crippen LogP contribution in [0.15, 0.2) is 39.7 Å². The molecule has 1 aliphatic heterocycles. The van der Waals surface area contributed by atoms with Crippen molar-refractivity contribution in [2.24, 2.45) is 0 Å². The number of ether oxygens (including phenoxy) is 2. The lowest BCUT2D eigenvalue weighted by Gasteiger charge is -2.40. The van der Waals surface area contributed by atoms with Gasteiger partial charge < -0.3 is 18.9 Å². The number of aromatic nitrogens is 1. The summed E-state index contributed by atoms with van der Waals surface area (Å²) in [7, 11) is 0. The first-order chi connectivity index (χ1) is 13.0. The monoisotopic (exact) mass is 448 g/mol. The summed E-state index contributed by atoms with van der Waals surface area (Å²) < 4.78 is 13.7. The van der Waals surface area contributed by atoms with Gasteiger partial charge in [-0.2, -0.15) is 0 Å². The van der Waals surface area contributed by atoms with Gasteiger partial charge in [0.2, 0.25) is 0 Å². The largest absolute Gasteiger partial charge is 0.454 e. The summed E-state index contributed by atoms with van der Waals surface area (Å²) in [4.78, 5) is 26.2. The van der Waals surface area contributed by atoms with Gasteiger partial charge in [-0.15, -0.1) is 0 Å². The highest BCUT2D eigenvalue weighted by Gasteiger charge is 2.35. The average molecular weight is 449 g/mol. The molecule has 0 N–H and O–H groups in total. The summed E-state index contributed by atoms with van der Waals surface area (Å²) in [6.07, 6.45) is 1.34. The molecule has 1 fully saturated rings. The molecule has 0 unspecified atom stereocenters. The van der Waals surface area contributed by atoms with E-state index in [1.807, 2.05) is 52.8 Å². The third kappa shape index (κ3) is 4.41. The van der Waals surface area contributed by atoms with Crippen LogP contribution >= 0.6 is 15.9 Å². The van der Waals surface area contributed by atoms with Crippen molar-refractivity contribution in [3.05, 3.63) is 56.4 Å². The van der Waals surface area contributed by atoms with Gasteiger partial charge in [0.1, 0.15) is 11.4 Å². The lowest BCUT2D eigenvalue weighted by Crippen LogP contribution is -2.53. The molecule has 28 heavy (non-hydrogen) atoms. The predicted octanol–water partition coefficient (Wildman–Crippen LogP) is 4.81. The number of carbonyl (C=O) groups excluding carboxylic acids is 1. The zero-order valence-electron chi connectivity index (χ0n) is 16.8. The maximum absolute atomic E-state index is 12.5. The van der Waals surface area contributed by atoms with Crippen molar-refractivity contribution >= 4 is 22.0 Å². The molecule has 1 saturated heterocycles. The molecule has 7 heteroatoms. The second-order valence-corrected chi connectivity index (χ2v) is 8.95. The van der Waals surface area contributed by atoms with E-state index in [2.05, 4.69) is 15.9 Å². The summed E-state index contributed by atoms with van der Waals surface area (Å²) >= 11 is 3.42. The van der Waals surface area contributed by atoms with Crippen LogP contribution in [0.5, 0.6) is 11.5 Å². The number of hydrogen-bond acceptors (Lipinski definition) is 4. The second-order valence-electron chi connectivity index (χ2n) is 8.09. The maximum atomic E-state index is 12.5. The molecule has 2 aromatic rings. The van der Waals surface area contributed by atoms with Gasteiger partial charge in [0.15, 0.2) is 5.75 Å². The molecule has 0 radical (unpaired) electrons. The van der Waals surface area contributed by atoms with Gasteiger partial charge in [-0.25, -0.2) is 4.79 Å². The molecule has 3 rings (SSSR count). The van der Waals surface area contributed by atoms with E-state index in [9.17, 15) is 9.59 Å². The lowest BCUT2D eigenvalue weighted by molar-refractivity contribution is 0.000613. The van der Waals surface area contributed by atoms with Gasteiger partial charge >= 0.3 is 6.09 Å². The zero-order chi connectivity index (χ0) is 20.6. The molecule has 1 aliphatic rings. The molecule has 150 valence electrons. The Morgan fingerprint density at radius 1 is 1.18 bits per heavy atom. The Morgan fingerprint density at radius 2 is 1.79 bits per heavy atom. The Kier molecular flexibility index (Phi) is 5.57. The van der Waals surface area contributed by atoms with Crippen LogP contribution in [0.2, 0.25) is 0 Å². The average Bonchev–Trinajstić information content (AvgIpc) is 2.51. The fourth-order valence-corrected chi connectivity index (χ4v) is 3.42. The molecule has 0 saturated carbocycles. The SMILES string of the molecule is Cc1cccc(C)c1Oc1cn(C2CN(C(=O)OC(C)(C)C)C2)c(=O)cc1Br. The van der Waals surface area contributed by atoms with Crippen molar-refractivity contribution in [2.45, 2.75) is 46.3 Å². The van der Waals surface area contributed by atoms with E-state index in [1.54, 1.807) is 15.7 Å². The molecule has 1 amide bonds. The zero-order valence-corrected chi connectivity index (χ0v) is 18.4. The van der Waals surface area contributed by atoms with Crippen LogP contribution in [-0.4, -0.2) is 34.3 Å². The van der Waals surface area contributed by atoms with Gasteiger partial charge in [-0.1, -0.05) is 18.2 Å². The fourth-order valence-electron chi connectivity index (χ4n) is 3.04. The molecule has 0 bridgehead atoms. The number of carbonyl (C=O) groups is 1. The number of hydrogen-bond donors (Lipinski definition) is 0. The van der Waals surface area contributed by atoms with E-state index in [0.717, 1.165) is 16.9 Å². The number of pyridine rings is 1. The van der Waals surface area contributed by atoms with Crippen LogP contribution in [0.1, 0.15) is 37.9 Å². The Bertz CT molecular complexity index is 936. The highest BCUT2D eigenvalue weighted by atomic mass is 79.9. The Balaban J connectivity index is 1.78. The number of rotatable bonds is 3. The van der Waals surface area contributed by atoms with Gasteiger partial charge in [-0.3, -0.25) is 4.79 Å². The van der Waals surface area contributed by atoms with Crippen LogP contribution < -0.4 is 10.3 Å². The quantitative estimate of drug-likeness (QED) is 0.675. The molecule has 1 aromatic heterocycles. The first-order valence-electron chi connectivity index (χ1n) is 9.19. The minimum absolute atomic E-state index is 0.103. The van der Waals surface area contributed by atoms with Crippen molar-refractivity contribution in [3.63, 3.8) is 0 Å². The van der Waals surface area contributed by atoms with Crippen molar-refractivity contribution in [1.29, 1.82) is 0 Å². The smallest absolute Gasteiger partial charge is 0.410 e. The Hall–Kier alpha value is -2.28. The number of likely N-dealkylation sites (tertiary alicyclic amines) is 1. The predicted molar refractivity (Wildman–Crippen MR) is 111 cm³/mol. The van der Waals surface area contributed by atoms with E-state index in [0.29, 0.717) is 23.3 Å². The third-order valence-corrected chi connectivity index (χ3v) is 5.14. The highest BCUT2D eigenvalue weighted by molar-refractivity contribution is 9.10.